The van der Waals surface area contributed by atoms with Crippen molar-refractivity contribution in [3.63, 3.8) is 0 Å². The zero-order chi connectivity index (χ0) is 14.0. The Bertz CT molecular complexity index is 476. The maximum atomic E-state index is 12.1. The maximum absolute atomic E-state index is 12.1. The first-order valence-corrected chi connectivity index (χ1v) is 7.29. The summed E-state index contributed by atoms with van der Waals surface area (Å²) in [4.78, 5) is 13.9. The van der Waals surface area contributed by atoms with Crippen LogP contribution in [0.15, 0.2) is 30.3 Å². The second kappa shape index (κ2) is 5.44. The van der Waals surface area contributed by atoms with Gasteiger partial charge in [0.15, 0.2) is 0 Å². The van der Waals surface area contributed by atoms with Crippen LogP contribution < -0.4 is 0 Å². The minimum Gasteiger partial charge on any atom is -0.445 e. The molecule has 0 radical (unpaired) electrons. The van der Waals surface area contributed by atoms with E-state index >= 15 is 0 Å². The number of nitrogens with zero attached hydrogens (tertiary/aromatic N) is 1. The van der Waals surface area contributed by atoms with Crippen LogP contribution in [0.2, 0.25) is 0 Å². The van der Waals surface area contributed by atoms with E-state index in [-0.39, 0.29) is 11.7 Å². The number of rotatable bonds is 2. The fraction of sp³-hybridized carbons (Fsp3) is 0.562. The number of benzene rings is 1. The fourth-order valence-corrected chi connectivity index (χ4v) is 3.14. The van der Waals surface area contributed by atoms with Crippen molar-refractivity contribution >= 4 is 6.09 Å². The molecule has 1 spiro atoms. The standard InChI is InChI=1S/C16H21NO3/c1-13-7-10-20-16(13)8-9-17(12-16)15(18)19-11-14-5-3-2-4-6-14/h2-6,13H,7-12H2,1H3. The third kappa shape index (κ3) is 2.52. The molecule has 0 aromatic heterocycles. The topological polar surface area (TPSA) is 38.8 Å². The Hall–Kier alpha value is -1.55. The average Bonchev–Trinajstić information content (AvgIpc) is 3.06. The van der Waals surface area contributed by atoms with E-state index in [0.29, 0.717) is 19.1 Å². The maximum Gasteiger partial charge on any atom is 0.410 e. The molecule has 108 valence electrons. The lowest BCUT2D eigenvalue weighted by atomic mass is 9.88. The summed E-state index contributed by atoms with van der Waals surface area (Å²) in [6.07, 6.45) is 1.79. The van der Waals surface area contributed by atoms with Crippen LogP contribution in [0.5, 0.6) is 0 Å². The summed E-state index contributed by atoms with van der Waals surface area (Å²) in [6.45, 7) is 4.76. The van der Waals surface area contributed by atoms with Crippen LogP contribution >= 0.6 is 0 Å². The molecule has 2 saturated heterocycles. The highest BCUT2D eigenvalue weighted by Gasteiger charge is 2.48. The van der Waals surface area contributed by atoms with E-state index in [1.165, 1.54) is 0 Å². The molecule has 0 bridgehead atoms. The van der Waals surface area contributed by atoms with Gasteiger partial charge < -0.3 is 14.4 Å². The van der Waals surface area contributed by atoms with E-state index < -0.39 is 0 Å². The van der Waals surface area contributed by atoms with Crippen molar-refractivity contribution in [1.82, 2.24) is 4.90 Å². The summed E-state index contributed by atoms with van der Waals surface area (Å²) < 4.78 is 11.3. The lowest BCUT2D eigenvalue weighted by Crippen LogP contribution is -2.39. The van der Waals surface area contributed by atoms with Gasteiger partial charge in [0, 0.05) is 13.2 Å². The minimum atomic E-state index is -0.228. The molecule has 0 N–H and O–H groups in total. The van der Waals surface area contributed by atoms with Crippen molar-refractivity contribution in [2.24, 2.45) is 5.92 Å². The third-order valence-corrected chi connectivity index (χ3v) is 4.57. The summed E-state index contributed by atoms with van der Waals surface area (Å²) in [5, 5.41) is 0. The summed E-state index contributed by atoms with van der Waals surface area (Å²) >= 11 is 0. The normalized spacial score (nSPS) is 29.1. The highest BCUT2D eigenvalue weighted by atomic mass is 16.6. The number of carbonyl (C=O) groups excluding carboxylic acids is 1. The SMILES string of the molecule is CC1CCOC12CCN(C(=O)OCc1ccccc1)C2. The summed E-state index contributed by atoms with van der Waals surface area (Å²) in [7, 11) is 0. The molecule has 0 aliphatic carbocycles. The lowest BCUT2D eigenvalue weighted by Gasteiger charge is -2.27. The Morgan fingerprint density at radius 2 is 2.25 bits per heavy atom. The van der Waals surface area contributed by atoms with E-state index in [1.54, 1.807) is 4.90 Å². The zero-order valence-electron chi connectivity index (χ0n) is 11.9. The fourth-order valence-electron chi connectivity index (χ4n) is 3.14. The van der Waals surface area contributed by atoms with Gasteiger partial charge in [-0.2, -0.15) is 0 Å². The van der Waals surface area contributed by atoms with Crippen LogP contribution in [0.25, 0.3) is 0 Å². The molecule has 20 heavy (non-hydrogen) atoms. The molecule has 2 aliphatic rings. The summed E-state index contributed by atoms with van der Waals surface area (Å²) in [5.41, 5.74) is 0.895. The van der Waals surface area contributed by atoms with E-state index in [9.17, 15) is 4.79 Å². The van der Waals surface area contributed by atoms with E-state index in [2.05, 4.69) is 6.92 Å². The van der Waals surface area contributed by atoms with Gasteiger partial charge in [0.25, 0.3) is 0 Å². The van der Waals surface area contributed by atoms with Crippen LogP contribution in [0.4, 0.5) is 4.79 Å². The first kappa shape index (κ1) is 13.4. The first-order chi connectivity index (χ1) is 9.70. The largest absolute Gasteiger partial charge is 0.445 e. The van der Waals surface area contributed by atoms with E-state index in [0.717, 1.165) is 31.6 Å². The third-order valence-electron chi connectivity index (χ3n) is 4.57. The van der Waals surface area contributed by atoms with Gasteiger partial charge in [-0.15, -0.1) is 0 Å². The van der Waals surface area contributed by atoms with Gasteiger partial charge in [-0.1, -0.05) is 37.3 Å². The van der Waals surface area contributed by atoms with Crippen molar-refractivity contribution in [3.05, 3.63) is 35.9 Å². The summed E-state index contributed by atoms with van der Waals surface area (Å²) in [6, 6.07) is 9.76. The van der Waals surface area contributed by atoms with Crippen LogP contribution in [-0.2, 0) is 16.1 Å². The Balaban J connectivity index is 1.54. The van der Waals surface area contributed by atoms with Gasteiger partial charge >= 0.3 is 6.09 Å². The van der Waals surface area contributed by atoms with Crippen molar-refractivity contribution in [2.75, 3.05) is 19.7 Å². The smallest absolute Gasteiger partial charge is 0.410 e. The Morgan fingerprint density at radius 3 is 2.95 bits per heavy atom. The van der Waals surface area contributed by atoms with Crippen molar-refractivity contribution < 1.29 is 14.3 Å². The quantitative estimate of drug-likeness (QED) is 0.833. The molecule has 1 aromatic rings. The minimum absolute atomic E-state index is 0.119. The highest BCUT2D eigenvalue weighted by molar-refractivity contribution is 5.68. The molecule has 1 amide bonds. The molecule has 3 rings (SSSR count). The van der Waals surface area contributed by atoms with Gasteiger partial charge in [0.2, 0.25) is 0 Å². The molecule has 2 atom stereocenters. The van der Waals surface area contributed by atoms with Crippen LogP contribution in [0, 0.1) is 5.92 Å². The molecule has 2 unspecified atom stereocenters. The van der Waals surface area contributed by atoms with Crippen molar-refractivity contribution in [2.45, 2.75) is 32.0 Å². The van der Waals surface area contributed by atoms with Crippen molar-refractivity contribution in [1.29, 1.82) is 0 Å². The van der Waals surface area contributed by atoms with Crippen LogP contribution in [0.3, 0.4) is 0 Å². The molecular formula is C16H21NO3. The number of amides is 1. The monoisotopic (exact) mass is 275 g/mol. The molecular weight excluding hydrogens is 254 g/mol. The van der Waals surface area contributed by atoms with Gasteiger partial charge in [-0.3, -0.25) is 0 Å². The molecule has 2 heterocycles. The number of carbonyl (C=O) groups is 1. The number of ether oxygens (including phenoxy) is 2. The predicted octanol–water partition coefficient (Wildman–Crippen LogP) is 2.82. The predicted molar refractivity (Wildman–Crippen MR) is 75.3 cm³/mol. The Kier molecular flexibility index (Phi) is 3.66. The van der Waals surface area contributed by atoms with Crippen molar-refractivity contribution in [3.8, 4) is 0 Å². The van der Waals surface area contributed by atoms with E-state index in [1.807, 2.05) is 30.3 Å². The van der Waals surface area contributed by atoms with Crippen LogP contribution in [-0.4, -0.2) is 36.3 Å². The Morgan fingerprint density at radius 1 is 1.45 bits per heavy atom. The number of likely N-dealkylation sites (tertiary alicyclic amines) is 1. The average molecular weight is 275 g/mol. The molecule has 4 heteroatoms. The second-order valence-corrected chi connectivity index (χ2v) is 5.81. The van der Waals surface area contributed by atoms with Gasteiger partial charge in [-0.05, 0) is 24.3 Å². The summed E-state index contributed by atoms with van der Waals surface area (Å²) in [5.74, 6) is 0.523. The molecule has 2 aliphatic heterocycles. The second-order valence-electron chi connectivity index (χ2n) is 5.81. The van der Waals surface area contributed by atoms with E-state index in [4.69, 9.17) is 9.47 Å². The van der Waals surface area contributed by atoms with Gasteiger partial charge in [0.05, 0.1) is 12.1 Å². The lowest BCUT2D eigenvalue weighted by molar-refractivity contribution is -0.00923. The number of hydrogen-bond donors (Lipinski definition) is 0. The first-order valence-electron chi connectivity index (χ1n) is 7.29. The van der Waals surface area contributed by atoms with Gasteiger partial charge in [-0.25, -0.2) is 4.79 Å². The molecule has 2 fully saturated rings. The van der Waals surface area contributed by atoms with Gasteiger partial charge in [0.1, 0.15) is 6.61 Å². The molecule has 0 saturated carbocycles. The zero-order valence-corrected chi connectivity index (χ0v) is 11.9. The highest BCUT2D eigenvalue weighted by Crippen LogP contribution is 2.39. The Labute approximate surface area is 119 Å². The molecule has 1 aromatic carbocycles. The number of hydrogen-bond acceptors (Lipinski definition) is 3. The van der Waals surface area contributed by atoms with Crippen LogP contribution in [0.1, 0.15) is 25.3 Å². The molecule has 4 nitrogen and oxygen atoms in total.